The van der Waals surface area contributed by atoms with Gasteiger partial charge in [0.2, 0.25) is 5.91 Å². The van der Waals surface area contributed by atoms with Crippen LogP contribution in [0.25, 0.3) is 0 Å². The molecule has 1 aromatic rings. The molecule has 2 amide bonds. The third-order valence-electron chi connectivity index (χ3n) is 2.81. The zero-order valence-corrected chi connectivity index (χ0v) is 13.1. The fraction of sp³-hybridized carbons (Fsp3) is 0.438. The SMILES string of the molecule is CC(C)(C)OC(=O)N(C(=O)CN)[C@H](C=O)Cc1ccccc1. The van der Waals surface area contributed by atoms with Gasteiger partial charge in [-0.3, -0.25) is 4.79 Å². The Morgan fingerprint density at radius 1 is 1.27 bits per heavy atom. The first kappa shape index (κ1) is 17.8. The van der Waals surface area contributed by atoms with Crippen LogP contribution in [0.2, 0.25) is 0 Å². The molecule has 0 heterocycles. The molecule has 0 unspecified atom stereocenters. The number of imide groups is 1. The van der Waals surface area contributed by atoms with E-state index < -0.39 is 23.6 Å². The summed E-state index contributed by atoms with van der Waals surface area (Å²) in [5, 5.41) is 0. The molecule has 0 aromatic heterocycles. The predicted molar refractivity (Wildman–Crippen MR) is 82.1 cm³/mol. The van der Waals surface area contributed by atoms with Crippen LogP contribution in [-0.4, -0.2) is 41.4 Å². The Bertz CT molecular complexity index is 523. The molecule has 1 aromatic carbocycles. The van der Waals surface area contributed by atoms with Gasteiger partial charge in [-0.05, 0) is 26.3 Å². The van der Waals surface area contributed by atoms with Crippen LogP contribution in [-0.2, 0) is 20.7 Å². The number of carbonyl (C=O) groups excluding carboxylic acids is 3. The second-order valence-corrected chi connectivity index (χ2v) is 5.84. The average molecular weight is 306 g/mol. The number of ether oxygens (including phenoxy) is 1. The Balaban J connectivity index is 3.00. The molecule has 0 fully saturated rings. The molecule has 6 heteroatoms. The van der Waals surface area contributed by atoms with Crippen molar-refractivity contribution >= 4 is 18.3 Å². The molecule has 1 atom stereocenters. The third kappa shape index (κ3) is 5.29. The highest BCUT2D eigenvalue weighted by atomic mass is 16.6. The van der Waals surface area contributed by atoms with Crippen molar-refractivity contribution in [3.05, 3.63) is 35.9 Å². The van der Waals surface area contributed by atoms with Crippen molar-refractivity contribution in [1.29, 1.82) is 0 Å². The molecule has 0 aliphatic rings. The van der Waals surface area contributed by atoms with Crippen LogP contribution >= 0.6 is 0 Å². The maximum absolute atomic E-state index is 12.2. The Labute approximate surface area is 130 Å². The van der Waals surface area contributed by atoms with Gasteiger partial charge in [-0.2, -0.15) is 0 Å². The first-order valence-corrected chi connectivity index (χ1v) is 7.03. The molecule has 1 rings (SSSR count). The molecule has 0 saturated heterocycles. The molecular weight excluding hydrogens is 284 g/mol. The maximum atomic E-state index is 12.2. The largest absolute Gasteiger partial charge is 0.443 e. The number of rotatable bonds is 5. The summed E-state index contributed by atoms with van der Waals surface area (Å²) in [6, 6.07) is 8.16. The van der Waals surface area contributed by atoms with E-state index in [9.17, 15) is 14.4 Å². The first-order chi connectivity index (χ1) is 10.3. The molecule has 0 radical (unpaired) electrons. The molecule has 0 bridgehead atoms. The molecular formula is C16H22N2O4. The first-order valence-electron chi connectivity index (χ1n) is 7.03. The lowest BCUT2D eigenvalue weighted by Gasteiger charge is -2.29. The van der Waals surface area contributed by atoms with E-state index in [0.717, 1.165) is 10.5 Å². The van der Waals surface area contributed by atoms with Crippen LogP contribution in [0.1, 0.15) is 26.3 Å². The van der Waals surface area contributed by atoms with E-state index in [1.165, 1.54) is 0 Å². The van der Waals surface area contributed by atoms with Crippen LogP contribution in [0, 0.1) is 0 Å². The number of nitrogens with two attached hydrogens (primary N) is 1. The third-order valence-corrected chi connectivity index (χ3v) is 2.81. The van der Waals surface area contributed by atoms with Crippen molar-refractivity contribution in [3.63, 3.8) is 0 Å². The summed E-state index contributed by atoms with van der Waals surface area (Å²) in [5.41, 5.74) is 5.40. The summed E-state index contributed by atoms with van der Waals surface area (Å²) in [6.07, 6.45) is -0.0873. The summed E-state index contributed by atoms with van der Waals surface area (Å²) in [5.74, 6) is -0.651. The molecule has 0 saturated carbocycles. The lowest BCUT2D eigenvalue weighted by Crippen LogP contribution is -2.50. The van der Waals surface area contributed by atoms with E-state index in [0.29, 0.717) is 6.29 Å². The van der Waals surface area contributed by atoms with Crippen molar-refractivity contribution in [1.82, 2.24) is 4.90 Å². The predicted octanol–water partition coefficient (Wildman–Crippen LogP) is 1.52. The number of nitrogens with zero attached hydrogens (tertiary/aromatic N) is 1. The topological polar surface area (TPSA) is 89.7 Å². The van der Waals surface area contributed by atoms with E-state index in [2.05, 4.69) is 0 Å². The number of benzene rings is 1. The minimum absolute atomic E-state index is 0.218. The molecule has 2 N–H and O–H groups in total. The van der Waals surface area contributed by atoms with Gasteiger partial charge in [0.25, 0.3) is 0 Å². The van der Waals surface area contributed by atoms with Gasteiger partial charge < -0.3 is 15.3 Å². The number of carbonyl (C=O) groups is 3. The van der Waals surface area contributed by atoms with Gasteiger partial charge in [0.05, 0.1) is 6.54 Å². The lowest BCUT2D eigenvalue weighted by atomic mass is 10.1. The monoisotopic (exact) mass is 306 g/mol. The lowest BCUT2D eigenvalue weighted by molar-refractivity contribution is -0.134. The Hall–Kier alpha value is -2.21. The van der Waals surface area contributed by atoms with Gasteiger partial charge in [-0.15, -0.1) is 0 Å². The van der Waals surface area contributed by atoms with Gasteiger partial charge in [-0.1, -0.05) is 30.3 Å². The van der Waals surface area contributed by atoms with E-state index in [-0.39, 0.29) is 13.0 Å². The average Bonchev–Trinajstić information content (AvgIpc) is 2.45. The molecule has 0 aliphatic heterocycles. The highest BCUT2D eigenvalue weighted by Crippen LogP contribution is 2.14. The van der Waals surface area contributed by atoms with E-state index in [4.69, 9.17) is 10.5 Å². The molecule has 120 valence electrons. The highest BCUT2D eigenvalue weighted by molar-refractivity contribution is 5.95. The molecule has 22 heavy (non-hydrogen) atoms. The van der Waals surface area contributed by atoms with Crippen LogP contribution in [0.3, 0.4) is 0 Å². The summed E-state index contributed by atoms with van der Waals surface area (Å²) >= 11 is 0. The van der Waals surface area contributed by atoms with Gasteiger partial charge in [-0.25, -0.2) is 9.69 Å². The molecule has 0 aliphatic carbocycles. The minimum Gasteiger partial charge on any atom is -0.443 e. The second kappa shape index (κ2) is 7.70. The number of hydrogen-bond donors (Lipinski definition) is 1. The fourth-order valence-electron chi connectivity index (χ4n) is 1.89. The van der Waals surface area contributed by atoms with Crippen molar-refractivity contribution in [2.24, 2.45) is 5.73 Å². The summed E-state index contributed by atoms with van der Waals surface area (Å²) in [6.45, 7) is 4.67. The summed E-state index contributed by atoms with van der Waals surface area (Å²) < 4.78 is 5.20. The van der Waals surface area contributed by atoms with E-state index >= 15 is 0 Å². The minimum atomic E-state index is -0.951. The van der Waals surface area contributed by atoms with Gasteiger partial charge in [0.15, 0.2) is 0 Å². The zero-order valence-electron chi connectivity index (χ0n) is 13.1. The highest BCUT2D eigenvalue weighted by Gasteiger charge is 2.32. The Kier molecular flexibility index (Phi) is 6.24. The van der Waals surface area contributed by atoms with Crippen LogP contribution < -0.4 is 5.73 Å². The quantitative estimate of drug-likeness (QED) is 0.833. The van der Waals surface area contributed by atoms with E-state index in [1.54, 1.807) is 20.8 Å². The van der Waals surface area contributed by atoms with Crippen molar-refractivity contribution < 1.29 is 19.1 Å². The zero-order chi connectivity index (χ0) is 16.8. The number of hydrogen-bond acceptors (Lipinski definition) is 5. The second-order valence-electron chi connectivity index (χ2n) is 5.84. The van der Waals surface area contributed by atoms with Crippen molar-refractivity contribution in [3.8, 4) is 0 Å². The molecule has 0 spiro atoms. The fourth-order valence-corrected chi connectivity index (χ4v) is 1.89. The number of amides is 2. The van der Waals surface area contributed by atoms with Crippen LogP contribution in [0.4, 0.5) is 4.79 Å². The normalized spacial score (nSPS) is 12.4. The van der Waals surface area contributed by atoms with E-state index in [1.807, 2.05) is 30.3 Å². The van der Waals surface area contributed by atoms with Crippen molar-refractivity contribution in [2.45, 2.75) is 38.8 Å². The summed E-state index contributed by atoms with van der Waals surface area (Å²) in [7, 11) is 0. The standard InChI is InChI=1S/C16H22N2O4/c1-16(2,3)22-15(21)18(14(20)10-17)13(11-19)9-12-7-5-4-6-8-12/h4-8,11,13H,9-10,17H2,1-3H3/t13-/m0/s1. The Morgan fingerprint density at radius 3 is 2.32 bits per heavy atom. The van der Waals surface area contributed by atoms with Crippen LogP contribution in [0.15, 0.2) is 30.3 Å². The van der Waals surface area contributed by atoms with Crippen LogP contribution in [0.5, 0.6) is 0 Å². The maximum Gasteiger partial charge on any atom is 0.417 e. The van der Waals surface area contributed by atoms with Gasteiger partial charge >= 0.3 is 6.09 Å². The number of aldehydes is 1. The Morgan fingerprint density at radius 2 is 1.86 bits per heavy atom. The van der Waals surface area contributed by atoms with Gasteiger partial charge in [0.1, 0.15) is 17.9 Å². The molecule has 6 nitrogen and oxygen atoms in total. The smallest absolute Gasteiger partial charge is 0.417 e. The summed E-state index contributed by atoms with van der Waals surface area (Å²) in [4.78, 5) is 36.4. The van der Waals surface area contributed by atoms with Gasteiger partial charge in [0, 0.05) is 6.42 Å². The van der Waals surface area contributed by atoms with Crippen molar-refractivity contribution in [2.75, 3.05) is 6.54 Å².